The molecule has 0 unspecified atom stereocenters. The van der Waals surface area contributed by atoms with E-state index in [2.05, 4.69) is 15.6 Å². The van der Waals surface area contributed by atoms with Crippen molar-refractivity contribution in [3.63, 3.8) is 0 Å². The highest BCUT2D eigenvalue weighted by molar-refractivity contribution is 7.99. The summed E-state index contributed by atoms with van der Waals surface area (Å²) in [5.41, 5.74) is 1.76. The summed E-state index contributed by atoms with van der Waals surface area (Å²) >= 11 is 1.10. The van der Waals surface area contributed by atoms with Gasteiger partial charge in [0.15, 0.2) is 5.58 Å². The third kappa shape index (κ3) is 4.63. The lowest BCUT2D eigenvalue weighted by molar-refractivity contribution is -0.141. The molecule has 1 aliphatic heterocycles. The fraction of sp³-hybridized carbons (Fsp3) is 0.333. The number of ether oxygens (including phenoxy) is 2. The Labute approximate surface area is 164 Å². The van der Waals surface area contributed by atoms with E-state index in [1.54, 1.807) is 19.9 Å². The number of hydrogen-bond donors (Lipinski definition) is 2. The van der Waals surface area contributed by atoms with Crippen LogP contribution in [0.25, 0.3) is 11.1 Å². The molecule has 148 valence electrons. The van der Waals surface area contributed by atoms with Gasteiger partial charge in [-0.1, -0.05) is 23.9 Å². The number of amides is 2. The third-order valence-corrected chi connectivity index (χ3v) is 4.63. The Morgan fingerprint density at radius 2 is 2.07 bits per heavy atom. The highest BCUT2D eigenvalue weighted by Gasteiger charge is 2.30. The number of carbonyl (C=O) groups excluding carboxylic acids is 3. The average molecular weight is 405 g/mol. The molecule has 1 aliphatic rings. The fourth-order valence-corrected chi connectivity index (χ4v) is 3.26. The zero-order valence-corrected chi connectivity index (χ0v) is 16.1. The summed E-state index contributed by atoms with van der Waals surface area (Å²) in [5.74, 6) is -1.14. The second kappa shape index (κ2) is 8.79. The van der Waals surface area contributed by atoms with Crippen molar-refractivity contribution in [2.75, 3.05) is 19.0 Å². The molecule has 1 aromatic carbocycles. The molecule has 2 amide bonds. The Morgan fingerprint density at radius 1 is 1.29 bits per heavy atom. The first kappa shape index (κ1) is 19.7. The van der Waals surface area contributed by atoms with E-state index in [9.17, 15) is 14.4 Å². The van der Waals surface area contributed by atoms with E-state index in [0.29, 0.717) is 16.3 Å². The van der Waals surface area contributed by atoms with Gasteiger partial charge in [-0.05, 0) is 26.0 Å². The molecule has 0 saturated carbocycles. The van der Waals surface area contributed by atoms with E-state index in [4.69, 9.17) is 13.9 Å². The van der Waals surface area contributed by atoms with Crippen LogP contribution in [0.1, 0.15) is 13.8 Å². The summed E-state index contributed by atoms with van der Waals surface area (Å²) in [6.07, 6.45) is 0. The van der Waals surface area contributed by atoms with Gasteiger partial charge in [0.2, 0.25) is 0 Å². The number of fused-ring (bicyclic) bond motifs is 1. The first-order valence-corrected chi connectivity index (χ1v) is 9.58. The lowest BCUT2D eigenvalue weighted by Gasteiger charge is -2.26. The monoisotopic (exact) mass is 405 g/mol. The van der Waals surface area contributed by atoms with Crippen LogP contribution in [0.3, 0.4) is 0 Å². The predicted molar refractivity (Wildman–Crippen MR) is 100 cm³/mol. The molecule has 3 rings (SSSR count). The average Bonchev–Trinajstić information content (AvgIpc) is 3.07. The van der Waals surface area contributed by atoms with Gasteiger partial charge < -0.3 is 24.5 Å². The molecule has 0 bridgehead atoms. The number of esters is 2. The van der Waals surface area contributed by atoms with Crippen LogP contribution in [0.4, 0.5) is 4.79 Å². The molecule has 2 N–H and O–H groups in total. The van der Waals surface area contributed by atoms with Crippen molar-refractivity contribution in [2.24, 2.45) is 0 Å². The molecule has 2 heterocycles. The van der Waals surface area contributed by atoms with Crippen molar-refractivity contribution < 1.29 is 28.3 Å². The van der Waals surface area contributed by atoms with Gasteiger partial charge in [0.05, 0.1) is 23.9 Å². The molecule has 0 radical (unpaired) electrons. The second-order valence-electron chi connectivity index (χ2n) is 5.83. The predicted octanol–water partition coefficient (Wildman–Crippen LogP) is 1.98. The summed E-state index contributed by atoms with van der Waals surface area (Å²) < 4.78 is 15.7. The second-order valence-corrected chi connectivity index (χ2v) is 6.76. The van der Waals surface area contributed by atoms with Crippen LogP contribution in [0.5, 0.6) is 0 Å². The summed E-state index contributed by atoms with van der Waals surface area (Å²) in [7, 11) is 0. The minimum absolute atomic E-state index is 0.0312. The Balaban J connectivity index is 1.60. The Hall–Kier alpha value is -3.01. The highest BCUT2D eigenvalue weighted by atomic mass is 32.2. The number of urea groups is 1. The summed E-state index contributed by atoms with van der Waals surface area (Å²) in [4.78, 5) is 40.1. The van der Waals surface area contributed by atoms with Gasteiger partial charge in [-0.3, -0.25) is 4.79 Å². The summed E-state index contributed by atoms with van der Waals surface area (Å²) in [6.45, 7) is 3.27. The Kier molecular flexibility index (Phi) is 6.19. The minimum atomic E-state index is -0.575. The number of benzene rings is 1. The first-order chi connectivity index (χ1) is 13.5. The van der Waals surface area contributed by atoms with Crippen LogP contribution in [0, 0.1) is 0 Å². The molecule has 0 fully saturated rings. The number of nitrogens with zero attached hydrogens (tertiary/aromatic N) is 1. The molecule has 10 heteroatoms. The van der Waals surface area contributed by atoms with Crippen LogP contribution in [-0.4, -0.2) is 48.0 Å². The van der Waals surface area contributed by atoms with Gasteiger partial charge in [-0.2, -0.15) is 0 Å². The lowest BCUT2D eigenvalue weighted by Crippen LogP contribution is -2.50. The SMILES string of the molecule is CCOC(=O)C1=C(COC(=O)CSc2nc3ccccc3o2)NC(=O)N[C@H]1C. The van der Waals surface area contributed by atoms with E-state index in [1.807, 2.05) is 18.2 Å². The molecule has 9 nitrogen and oxygen atoms in total. The van der Waals surface area contributed by atoms with Crippen molar-refractivity contribution in [3.8, 4) is 0 Å². The van der Waals surface area contributed by atoms with Crippen LogP contribution in [0.15, 0.2) is 45.2 Å². The van der Waals surface area contributed by atoms with Crippen LogP contribution < -0.4 is 10.6 Å². The van der Waals surface area contributed by atoms with Gasteiger partial charge in [0, 0.05) is 0 Å². The molecule has 1 atom stereocenters. The molecule has 2 aromatic rings. The maximum absolute atomic E-state index is 12.1. The van der Waals surface area contributed by atoms with Crippen LogP contribution >= 0.6 is 11.8 Å². The molecular formula is C18H19N3O6S. The number of hydrogen-bond acceptors (Lipinski definition) is 8. The van der Waals surface area contributed by atoms with Gasteiger partial charge in [-0.15, -0.1) is 0 Å². The normalized spacial score (nSPS) is 16.5. The van der Waals surface area contributed by atoms with Crippen LogP contribution in [0.2, 0.25) is 0 Å². The molecule has 0 spiro atoms. The number of para-hydroxylation sites is 2. The summed E-state index contributed by atoms with van der Waals surface area (Å²) in [6, 6.07) is 6.24. The zero-order chi connectivity index (χ0) is 20.1. The topological polar surface area (TPSA) is 120 Å². The van der Waals surface area contributed by atoms with Crippen molar-refractivity contribution in [3.05, 3.63) is 35.5 Å². The van der Waals surface area contributed by atoms with Crippen molar-refractivity contribution in [2.45, 2.75) is 25.1 Å². The highest BCUT2D eigenvalue weighted by Crippen LogP contribution is 2.23. The Morgan fingerprint density at radius 3 is 2.82 bits per heavy atom. The minimum Gasteiger partial charge on any atom is -0.463 e. The van der Waals surface area contributed by atoms with E-state index in [0.717, 1.165) is 11.8 Å². The van der Waals surface area contributed by atoms with Crippen LogP contribution in [-0.2, 0) is 19.1 Å². The van der Waals surface area contributed by atoms with E-state index >= 15 is 0 Å². The van der Waals surface area contributed by atoms with Crippen molar-refractivity contribution in [1.82, 2.24) is 15.6 Å². The molecule has 0 saturated heterocycles. The van der Waals surface area contributed by atoms with Gasteiger partial charge in [0.1, 0.15) is 17.9 Å². The fourth-order valence-electron chi connectivity index (χ4n) is 2.62. The van der Waals surface area contributed by atoms with E-state index in [1.165, 1.54) is 0 Å². The molecule has 0 aliphatic carbocycles. The maximum atomic E-state index is 12.1. The number of thioether (sulfide) groups is 1. The van der Waals surface area contributed by atoms with Gasteiger partial charge in [-0.25, -0.2) is 14.6 Å². The van der Waals surface area contributed by atoms with E-state index in [-0.39, 0.29) is 30.2 Å². The molecule has 28 heavy (non-hydrogen) atoms. The number of oxazole rings is 1. The maximum Gasteiger partial charge on any atom is 0.338 e. The number of nitrogens with one attached hydrogen (secondary N) is 2. The third-order valence-electron chi connectivity index (χ3n) is 3.83. The van der Waals surface area contributed by atoms with Gasteiger partial charge in [0.25, 0.3) is 5.22 Å². The summed E-state index contributed by atoms with van der Waals surface area (Å²) in [5, 5.41) is 5.42. The molecule has 1 aromatic heterocycles. The lowest BCUT2D eigenvalue weighted by atomic mass is 10.0. The van der Waals surface area contributed by atoms with Crippen molar-refractivity contribution in [1.29, 1.82) is 0 Å². The number of carbonyl (C=O) groups is 3. The smallest absolute Gasteiger partial charge is 0.338 e. The largest absolute Gasteiger partial charge is 0.463 e. The zero-order valence-electron chi connectivity index (χ0n) is 15.3. The standard InChI is InChI=1S/C18H19N3O6S/c1-3-25-16(23)15-10(2)19-17(24)20-12(15)8-26-14(22)9-28-18-21-11-6-4-5-7-13(11)27-18/h4-7,10H,3,8-9H2,1-2H3,(H2,19,20,24)/t10-/m0/s1. The van der Waals surface area contributed by atoms with Gasteiger partial charge >= 0.3 is 18.0 Å². The number of aromatic nitrogens is 1. The molecular weight excluding hydrogens is 386 g/mol. The Bertz CT molecular complexity index is 905. The first-order valence-electron chi connectivity index (χ1n) is 8.59. The number of rotatable bonds is 7. The quantitative estimate of drug-likeness (QED) is 0.530. The van der Waals surface area contributed by atoms with Crippen molar-refractivity contribution >= 4 is 40.8 Å². The van der Waals surface area contributed by atoms with E-state index < -0.39 is 24.0 Å².